The van der Waals surface area contributed by atoms with Crippen LogP contribution >= 0.6 is 0 Å². The minimum absolute atomic E-state index is 0.0744. The number of benzene rings is 1. The normalized spacial score (nSPS) is 13.9. The number of carbonyl (C=O) groups is 2. The number of piperazine rings is 1. The average Bonchev–Trinajstić information content (AvgIpc) is 2.85. The van der Waals surface area contributed by atoms with Gasteiger partial charge in [-0.2, -0.15) is 0 Å². The van der Waals surface area contributed by atoms with Gasteiger partial charge < -0.3 is 14.5 Å². The number of ether oxygens (including phenoxy) is 1. The molecule has 0 radical (unpaired) electrons. The fourth-order valence-corrected chi connectivity index (χ4v) is 3.21. The van der Waals surface area contributed by atoms with Crippen LogP contribution in [0.2, 0.25) is 0 Å². The lowest BCUT2D eigenvalue weighted by Gasteiger charge is -2.34. The molecule has 32 heavy (non-hydrogen) atoms. The third kappa shape index (κ3) is 5.12. The molecule has 4 rings (SSSR count). The van der Waals surface area contributed by atoms with E-state index in [0.29, 0.717) is 37.5 Å². The fourth-order valence-electron chi connectivity index (χ4n) is 3.21. The molecule has 3 heterocycles. The van der Waals surface area contributed by atoms with Gasteiger partial charge in [0.15, 0.2) is 11.6 Å². The van der Waals surface area contributed by atoms with Crippen LogP contribution in [0, 0.1) is 5.82 Å². The van der Waals surface area contributed by atoms with E-state index < -0.39 is 5.82 Å². The van der Waals surface area contributed by atoms with Gasteiger partial charge in [0.1, 0.15) is 11.4 Å². The first-order chi connectivity index (χ1) is 15.6. The van der Waals surface area contributed by atoms with E-state index in [1.807, 2.05) is 0 Å². The van der Waals surface area contributed by atoms with E-state index in [2.05, 4.69) is 15.0 Å². The minimum atomic E-state index is -0.542. The Morgan fingerprint density at radius 3 is 2.44 bits per heavy atom. The molecule has 0 N–H and O–H groups in total. The van der Waals surface area contributed by atoms with Crippen LogP contribution in [0.1, 0.15) is 16.1 Å². The van der Waals surface area contributed by atoms with Crippen LogP contribution in [0.4, 0.5) is 4.39 Å². The lowest BCUT2D eigenvalue weighted by Crippen LogP contribution is -2.50. The van der Waals surface area contributed by atoms with Crippen LogP contribution in [0.15, 0.2) is 67.4 Å². The lowest BCUT2D eigenvalue weighted by molar-refractivity contribution is -0.127. The highest BCUT2D eigenvalue weighted by Gasteiger charge is 2.24. The Morgan fingerprint density at radius 2 is 1.75 bits per heavy atom. The molecule has 0 bridgehead atoms. The summed E-state index contributed by atoms with van der Waals surface area (Å²) in [5.41, 5.74) is 0.816. The summed E-state index contributed by atoms with van der Waals surface area (Å²) in [6, 6.07) is 7.84. The zero-order chi connectivity index (χ0) is 22.3. The van der Waals surface area contributed by atoms with E-state index in [1.54, 1.807) is 40.3 Å². The molecule has 1 saturated heterocycles. The van der Waals surface area contributed by atoms with Gasteiger partial charge in [-0.15, -0.1) is 0 Å². The van der Waals surface area contributed by atoms with Gasteiger partial charge in [-0.25, -0.2) is 9.37 Å². The zero-order valence-electron chi connectivity index (χ0n) is 17.1. The van der Waals surface area contributed by atoms with Crippen molar-refractivity contribution in [1.29, 1.82) is 0 Å². The average molecular weight is 433 g/mol. The van der Waals surface area contributed by atoms with Crippen molar-refractivity contribution in [1.82, 2.24) is 24.8 Å². The first-order valence-corrected chi connectivity index (χ1v) is 10.00. The first-order valence-electron chi connectivity index (χ1n) is 10.00. The highest BCUT2D eigenvalue weighted by Crippen LogP contribution is 2.25. The van der Waals surface area contributed by atoms with Crippen molar-refractivity contribution in [2.75, 3.05) is 26.2 Å². The molecule has 0 atom stereocenters. The molecule has 162 valence electrons. The van der Waals surface area contributed by atoms with E-state index >= 15 is 0 Å². The Kier molecular flexibility index (Phi) is 6.45. The van der Waals surface area contributed by atoms with Gasteiger partial charge in [-0.1, -0.05) is 6.07 Å². The Bertz CT molecular complexity index is 1120. The molecule has 1 aliphatic rings. The molecule has 0 spiro atoms. The highest BCUT2D eigenvalue weighted by atomic mass is 19.1. The summed E-state index contributed by atoms with van der Waals surface area (Å²) in [6.07, 6.45) is 10.4. The molecule has 0 aliphatic carbocycles. The number of rotatable bonds is 5. The standard InChI is InChI=1S/C23H20FN5O3/c24-19-14-17(3-5-21(19)32-18-2-1-7-25-15-18)4-6-22(30)28-10-12-29(13-11-28)23(31)20-16-26-8-9-27-20/h1-9,14-16H,10-13H2/b6-4+. The Morgan fingerprint density at radius 1 is 0.969 bits per heavy atom. The number of amides is 2. The molecule has 3 aromatic rings. The smallest absolute Gasteiger partial charge is 0.274 e. The van der Waals surface area contributed by atoms with Gasteiger partial charge in [-0.05, 0) is 35.9 Å². The monoisotopic (exact) mass is 433 g/mol. The van der Waals surface area contributed by atoms with Gasteiger partial charge >= 0.3 is 0 Å². The molecule has 2 amide bonds. The predicted molar refractivity (Wildman–Crippen MR) is 114 cm³/mol. The number of pyridine rings is 1. The largest absolute Gasteiger partial charge is 0.453 e. The Hall–Kier alpha value is -4.14. The molecular weight excluding hydrogens is 413 g/mol. The Balaban J connectivity index is 1.32. The van der Waals surface area contributed by atoms with Crippen molar-refractivity contribution in [3.05, 3.63) is 84.5 Å². The van der Waals surface area contributed by atoms with Crippen molar-refractivity contribution >= 4 is 17.9 Å². The maximum absolute atomic E-state index is 14.4. The molecule has 1 aliphatic heterocycles. The van der Waals surface area contributed by atoms with Gasteiger partial charge in [0.2, 0.25) is 5.91 Å². The van der Waals surface area contributed by atoms with E-state index in [1.165, 1.54) is 43.0 Å². The molecule has 0 saturated carbocycles. The fraction of sp³-hybridized carbons (Fsp3) is 0.174. The van der Waals surface area contributed by atoms with E-state index in [-0.39, 0.29) is 23.3 Å². The molecule has 9 heteroatoms. The van der Waals surface area contributed by atoms with E-state index in [4.69, 9.17) is 4.74 Å². The van der Waals surface area contributed by atoms with Crippen LogP contribution in [-0.4, -0.2) is 62.7 Å². The van der Waals surface area contributed by atoms with Gasteiger partial charge in [0.05, 0.1) is 12.4 Å². The number of aromatic nitrogens is 3. The summed E-state index contributed by atoms with van der Waals surface area (Å²) in [5.74, 6) is -0.440. The van der Waals surface area contributed by atoms with Crippen molar-refractivity contribution in [3.8, 4) is 11.5 Å². The quantitative estimate of drug-likeness (QED) is 0.575. The predicted octanol–water partition coefficient (Wildman–Crippen LogP) is 2.80. The summed E-state index contributed by atoms with van der Waals surface area (Å²) in [7, 11) is 0. The second-order valence-electron chi connectivity index (χ2n) is 7.02. The van der Waals surface area contributed by atoms with Crippen LogP contribution < -0.4 is 4.74 Å². The lowest BCUT2D eigenvalue weighted by atomic mass is 10.2. The molecule has 8 nitrogen and oxygen atoms in total. The highest BCUT2D eigenvalue weighted by molar-refractivity contribution is 5.93. The summed E-state index contributed by atoms with van der Waals surface area (Å²) < 4.78 is 19.8. The molecule has 2 aromatic heterocycles. The number of hydrogen-bond acceptors (Lipinski definition) is 6. The van der Waals surface area contributed by atoms with Crippen molar-refractivity contribution in [2.24, 2.45) is 0 Å². The van der Waals surface area contributed by atoms with E-state index in [9.17, 15) is 14.0 Å². The van der Waals surface area contributed by atoms with Crippen LogP contribution in [0.25, 0.3) is 6.08 Å². The van der Waals surface area contributed by atoms with Gasteiger partial charge in [-0.3, -0.25) is 19.6 Å². The van der Waals surface area contributed by atoms with Crippen molar-refractivity contribution in [2.45, 2.75) is 0 Å². The van der Waals surface area contributed by atoms with Crippen LogP contribution in [0.5, 0.6) is 11.5 Å². The number of nitrogens with zero attached hydrogens (tertiary/aromatic N) is 5. The summed E-state index contributed by atoms with van der Waals surface area (Å²) in [5, 5.41) is 0. The third-order valence-corrected chi connectivity index (χ3v) is 4.90. The third-order valence-electron chi connectivity index (χ3n) is 4.90. The second kappa shape index (κ2) is 9.78. The van der Waals surface area contributed by atoms with E-state index in [0.717, 1.165) is 0 Å². The zero-order valence-corrected chi connectivity index (χ0v) is 17.1. The summed E-state index contributed by atoms with van der Waals surface area (Å²) in [4.78, 5) is 40.1. The number of hydrogen-bond donors (Lipinski definition) is 0. The van der Waals surface area contributed by atoms with Crippen LogP contribution in [0.3, 0.4) is 0 Å². The van der Waals surface area contributed by atoms with Gasteiger partial charge in [0.25, 0.3) is 5.91 Å². The number of carbonyl (C=O) groups excluding carboxylic acids is 2. The van der Waals surface area contributed by atoms with Crippen molar-refractivity contribution in [3.63, 3.8) is 0 Å². The minimum Gasteiger partial charge on any atom is -0.453 e. The molecule has 0 unspecified atom stereocenters. The van der Waals surface area contributed by atoms with Crippen LogP contribution in [-0.2, 0) is 4.79 Å². The van der Waals surface area contributed by atoms with Gasteiger partial charge in [0, 0.05) is 50.8 Å². The Labute approximate surface area is 184 Å². The number of halogens is 1. The summed E-state index contributed by atoms with van der Waals surface area (Å²) >= 11 is 0. The SMILES string of the molecule is O=C(/C=C/c1ccc(Oc2cccnc2)c(F)c1)N1CCN(C(=O)c2cnccn2)CC1. The molecule has 1 fully saturated rings. The van der Waals surface area contributed by atoms with Crippen molar-refractivity contribution < 1.29 is 18.7 Å². The summed E-state index contributed by atoms with van der Waals surface area (Å²) in [6.45, 7) is 1.62. The maximum atomic E-state index is 14.4. The molecule has 1 aromatic carbocycles. The maximum Gasteiger partial charge on any atom is 0.274 e. The molecular formula is C23H20FN5O3. The first kappa shape index (κ1) is 21.1. The second-order valence-corrected chi connectivity index (χ2v) is 7.02. The topological polar surface area (TPSA) is 88.5 Å².